The summed E-state index contributed by atoms with van der Waals surface area (Å²) in [7, 11) is 1.53. The van der Waals surface area contributed by atoms with Gasteiger partial charge in [0.05, 0.1) is 22.6 Å². The molecule has 0 spiro atoms. The molecule has 0 radical (unpaired) electrons. The van der Waals surface area contributed by atoms with Crippen molar-refractivity contribution in [1.82, 2.24) is 10.4 Å². The molecule has 0 atom stereocenters. The van der Waals surface area contributed by atoms with Crippen LogP contribution in [0, 0.1) is 6.92 Å². The van der Waals surface area contributed by atoms with Crippen molar-refractivity contribution < 1.29 is 19.1 Å². The van der Waals surface area contributed by atoms with E-state index < -0.39 is 11.8 Å². The zero-order valence-electron chi connectivity index (χ0n) is 16.8. The lowest BCUT2D eigenvalue weighted by Crippen LogP contribution is -2.44. The molecule has 2 aromatic carbocycles. The first-order valence-electron chi connectivity index (χ1n) is 9.11. The number of thiocarbonyl (C=S) groups is 1. The van der Waals surface area contributed by atoms with Crippen molar-refractivity contribution in [2.24, 2.45) is 0 Å². The number of methoxy groups -OCH3 is 1. The molecule has 1 aliphatic rings. The summed E-state index contributed by atoms with van der Waals surface area (Å²) in [5, 5.41) is 1.33. The number of halogens is 1. The monoisotopic (exact) mass is 474 g/mol. The molecule has 0 aliphatic carbocycles. The summed E-state index contributed by atoms with van der Waals surface area (Å²) >= 11 is 12.5. The standard InChI is InChI=1S/C22H19ClN2O4S2/c1-4-10-29-19-14(6-5-7-17(19)28-3)12-18-21(27)25(22(30)31-18)24-20(26)15-9-8-13(2)11-16(15)23/h4-9,11-12H,1,10H2,2-3H3,(H,24,26)/b18-12-. The third kappa shape index (κ3) is 5.10. The number of nitrogens with one attached hydrogen (secondary N) is 1. The van der Waals surface area contributed by atoms with Crippen LogP contribution in [0.1, 0.15) is 21.5 Å². The lowest BCUT2D eigenvalue weighted by molar-refractivity contribution is -0.123. The molecule has 0 saturated carbocycles. The van der Waals surface area contributed by atoms with Gasteiger partial charge in [-0.2, -0.15) is 5.01 Å². The van der Waals surface area contributed by atoms with Gasteiger partial charge in [-0.3, -0.25) is 15.0 Å². The Kier molecular flexibility index (Phi) is 7.37. The molecular weight excluding hydrogens is 456 g/mol. The highest BCUT2D eigenvalue weighted by Gasteiger charge is 2.34. The lowest BCUT2D eigenvalue weighted by Gasteiger charge is -2.16. The molecule has 2 amide bonds. The van der Waals surface area contributed by atoms with E-state index in [2.05, 4.69) is 12.0 Å². The normalized spacial score (nSPS) is 14.7. The lowest BCUT2D eigenvalue weighted by atomic mass is 10.1. The predicted octanol–water partition coefficient (Wildman–Crippen LogP) is 4.77. The van der Waals surface area contributed by atoms with Crippen molar-refractivity contribution in [3.63, 3.8) is 0 Å². The van der Waals surface area contributed by atoms with E-state index >= 15 is 0 Å². The average molecular weight is 475 g/mol. The van der Waals surface area contributed by atoms with Crippen LogP contribution in [-0.4, -0.2) is 34.9 Å². The van der Waals surface area contributed by atoms with Gasteiger partial charge in [-0.05, 0) is 49.0 Å². The first kappa shape index (κ1) is 22.9. The molecule has 160 valence electrons. The highest BCUT2D eigenvalue weighted by Crippen LogP contribution is 2.37. The van der Waals surface area contributed by atoms with E-state index in [4.69, 9.17) is 33.3 Å². The summed E-state index contributed by atoms with van der Waals surface area (Å²) in [6.07, 6.45) is 3.26. The van der Waals surface area contributed by atoms with Crippen molar-refractivity contribution in [2.75, 3.05) is 13.7 Å². The smallest absolute Gasteiger partial charge is 0.285 e. The number of benzene rings is 2. The van der Waals surface area contributed by atoms with Crippen LogP contribution in [0.3, 0.4) is 0 Å². The van der Waals surface area contributed by atoms with Crippen molar-refractivity contribution in [3.8, 4) is 11.5 Å². The van der Waals surface area contributed by atoms with Gasteiger partial charge in [0.2, 0.25) is 0 Å². The van der Waals surface area contributed by atoms with Crippen LogP contribution in [-0.2, 0) is 4.79 Å². The molecular formula is C22H19ClN2O4S2. The van der Waals surface area contributed by atoms with Gasteiger partial charge in [0.25, 0.3) is 11.8 Å². The van der Waals surface area contributed by atoms with Crippen LogP contribution < -0.4 is 14.9 Å². The van der Waals surface area contributed by atoms with E-state index in [9.17, 15) is 9.59 Å². The third-order valence-electron chi connectivity index (χ3n) is 4.24. The fourth-order valence-corrected chi connectivity index (χ4v) is 4.27. The topological polar surface area (TPSA) is 67.9 Å². The van der Waals surface area contributed by atoms with Crippen LogP contribution in [0.25, 0.3) is 6.08 Å². The van der Waals surface area contributed by atoms with Crippen molar-refractivity contribution in [1.29, 1.82) is 0 Å². The van der Waals surface area contributed by atoms with E-state index in [0.29, 0.717) is 27.0 Å². The number of carbonyl (C=O) groups excluding carboxylic acids is 2. The Morgan fingerprint density at radius 3 is 2.81 bits per heavy atom. The molecule has 1 heterocycles. The minimum Gasteiger partial charge on any atom is -0.493 e. The second-order valence-corrected chi connectivity index (χ2v) is 8.50. The number of nitrogens with zero attached hydrogens (tertiary/aromatic N) is 1. The van der Waals surface area contributed by atoms with Crippen molar-refractivity contribution >= 4 is 57.8 Å². The maximum atomic E-state index is 12.9. The number of para-hydroxylation sites is 1. The summed E-state index contributed by atoms with van der Waals surface area (Å²) < 4.78 is 11.3. The van der Waals surface area contributed by atoms with Crippen molar-refractivity contribution in [2.45, 2.75) is 6.92 Å². The van der Waals surface area contributed by atoms with Crippen molar-refractivity contribution in [3.05, 3.63) is 75.7 Å². The van der Waals surface area contributed by atoms with Gasteiger partial charge in [0.15, 0.2) is 15.8 Å². The zero-order valence-corrected chi connectivity index (χ0v) is 19.2. The Morgan fingerprint density at radius 2 is 2.13 bits per heavy atom. The summed E-state index contributed by atoms with van der Waals surface area (Å²) in [5.41, 5.74) is 4.33. The van der Waals surface area contributed by atoms with E-state index in [-0.39, 0.29) is 16.5 Å². The largest absolute Gasteiger partial charge is 0.493 e. The van der Waals surface area contributed by atoms with E-state index in [1.165, 1.54) is 7.11 Å². The molecule has 3 rings (SSSR count). The minimum absolute atomic E-state index is 0.198. The maximum Gasteiger partial charge on any atom is 0.285 e. The SMILES string of the molecule is C=CCOc1c(/C=C2\SC(=S)N(NC(=O)c3ccc(C)cc3Cl)C2=O)cccc1OC. The molecule has 1 N–H and O–H groups in total. The first-order valence-corrected chi connectivity index (χ1v) is 10.7. The molecule has 2 aromatic rings. The summed E-state index contributed by atoms with van der Waals surface area (Å²) in [6, 6.07) is 10.4. The Bertz CT molecular complexity index is 1100. The molecule has 0 bridgehead atoms. The average Bonchev–Trinajstić information content (AvgIpc) is 2.99. The molecule has 9 heteroatoms. The van der Waals surface area contributed by atoms with Crippen LogP contribution in [0.5, 0.6) is 11.5 Å². The fourth-order valence-electron chi connectivity index (χ4n) is 2.78. The number of carbonyl (C=O) groups is 2. The number of hydrogen-bond acceptors (Lipinski definition) is 6. The van der Waals surface area contributed by atoms with E-state index in [0.717, 1.165) is 22.3 Å². The highest BCUT2D eigenvalue weighted by atomic mass is 35.5. The third-order valence-corrected chi connectivity index (χ3v) is 5.85. The molecule has 1 aliphatic heterocycles. The van der Waals surface area contributed by atoms with Gasteiger partial charge in [0.1, 0.15) is 6.61 Å². The van der Waals surface area contributed by atoms with Crippen LogP contribution in [0.2, 0.25) is 5.02 Å². The number of hydrogen-bond donors (Lipinski definition) is 1. The van der Waals surface area contributed by atoms with E-state index in [1.54, 1.807) is 48.6 Å². The fraction of sp³-hybridized carbons (Fsp3) is 0.136. The highest BCUT2D eigenvalue weighted by molar-refractivity contribution is 8.26. The van der Waals surface area contributed by atoms with Gasteiger partial charge in [0, 0.05) is 5.56 Å². The van der Waals surface area contributed by atoms with Crippen LogP contribution in [0.15, 0.2) is 54.0 Å². The summed E-state index contributed by atoms with van der Waals surface area (Å²) in [6.45, 7) is 5.79. The number of hydrazine groups is 1. The Morgan fingerprint density at radius 1 is 1.35 bits per heavy atom. The van der Waals surface area contributed by atoms with Gasteiger partial charge in [-0.15, -0.1) is 0 Å². The second-order valence-electron chi connectivity index (χ2n) is 6.42. The van der Waals surface area contributed by atoms with Crippen LogP contribution >= 0.6 is 35.6 Å². The summed E-state index contributed by atoms with van der Waals surface area (Å²) in [5.74, 6) is 0.0158. The predicted molar refractivity (Wildman–Crippen MR) is 127 cm³/mol. The van der Waals surface area contributed by atoms with Crippen LogP contribution in [0.4, 0.5) is 0 Å². The van der Waals surface area contributed by atoms with Gasteiger partial charge >= 0.3 is 0 Å². The Balaban J connectivity index is 1.85. The Labute approximate surface area is 194 Å². The van der Waals surface area contributed by atoms with Gasteiger partial charge in [-0.25, -0.2) is 0 Å². The summed E-state index contributed by atoms with van der Waals surface area (Å²) in [4.78, 5) is 25.9. The quantitative estimate of drug-likeness (QED) is 0.354. The molecule has 1 saturated heterocycles. The molecule has 1 fully saturated rings. The molecule has 31 heavy (non-hydrogen) atoms. The maximum absolute atomic E-state index is 12.9. The molecule has 0 unspecified atom stereocenters. The second kappa shape index (κ2) is 10.00. The van der Waals surface area contributed by atoms with E-state index in [1.807, 2.05) is 6.92 Å². The number of thioether (sulfide) groups is 1. The Hall–Kier alpha value is -2.81. The zero-order chi connectivity index (χ0) is 22.5. The number of aryl methyl sites for hydroxylation is 1. The minimum atomic E-state index is -0.529. The number of rotatable bonds is 7. The number of ether oxygens (including phenoxy) is 2. The number of amides is 2. The van der Waals surface area contributed by atoms with Gasteiger partial charge < -0.3 is 9.47 Å². The van der Waals surface area contributed by atoms with Gasteiger partial charge in [-0.1, -0.05) is 54.2 Å². The molecule has 0 aromatic heterocycles. The molecule has 6 nitrogen and oxygen atoms in total. The first-order chi connectivity index (χ1) is 14.8.